The van der Waals surface area contributed by atoms with Gasteiger partial charge in [0, 0.05) is 27.7 Å². The first-order chi connectivity index (χ1) is 8.44. The van der Waals surface area contributed by atoms with E-state index in [0.29, 0.717) is 16.5 Å². The van der Waals surface area contributed by atoms with Crippen LogP contribution in [0.4, 0.5) is 0 Å². The van der Waals surface area contributed by atoms with Crippen molar-refractivity contribution in [2.75, 3.05) is 5.75 Å². The third-order valence-corrected chi connectivity index (χ3v) is 3.52. The Morgan fingerprint density at radius 3 is 2.44 bits per heavy atom. The summed E-state index contributed by atoms with van der Waals surface area (Å²) in [5.41, 5.74) is 0.715. The number of benzene rings is 1. The number of hydrogen-bond acceptors (Lipinski definition) is 5. The van der Waals surface area contributed by atoms with Crippen LogP contribution in [0.25, 0.3) is 11.5 Å². The molecule has 0 aliphatic rings. The first kappa shape index (κ1) is 13.3. The molecule has 0 saturated carbocycles. The largest absolute Gasteiger partial charge is 0.421 e. The Morgan fingerprint density at radius 1 is 1.17 bits per heavy atom. The van der Waals surface area contributed by atoms with Crippen LogP contribution in [0, 0.1) is 0 Å². The van der Waals surface area contributed by atoms with Gasteiger partial charge in [0.25, 0.3) is 0 Å². The van der Waals surface area contributed by atoms with Gasteiger partial charge in [0.05, 0.1) is 5.75 Å². The molecule has 0 aliphatic carbocycles. The Bertz CT molecular complexity index is 637. The number of aryl methyl sites for hydroxylation is 1. The Morgan fingerprint density at radius 2 is 1.83 bits per heavy atom. The second-order valence-corrected chi connectivity index (χ2v) is 6.83. The molecule has 0 amide bonds. The number of halogens is 2. The van der Waals surface area contributed by atoms with Crippen molar-refractivity contribution in [3.05, 3.63) is 35.2 Å². The van der Waals surface area contributed by atoms with Gasteiger partial charge >= 0.3 is 0 Å². The summed E-state index contributed by atoms with van der Waals surface area (Å²) >= 11 is 5.76. The third kappa shape index (κ3) is 3.69. The fraction of sp³-hybridized carbons (Fsp3) is 0.200. The molecule has 0 radical (unpaired) electrons. The van der Waals surface area contributed by atoms with E-state index in [1.54, 1.807) is 24.3 Å². The molecular formula is C10H8Cl2N2O3S. The molecule has 5 nitrogen and oxygen atoms in total. The van der Waals surface area contributed by atoms with Gasteiger partial charge in [-0.2, -0.15) is 0 Å². The summed E-state index contributed by atoms with van der Waals surface area (Å²) in [6.45, 7) is 0. The highest BCUT2D eigenvalue weighted by Crippen LogP contribution is 2.20. The maximum absolute atomic E-state index is 10.8. The predicted molar refractivity (Wildman–Crippen MR) is 68.1 cm³/mol. The normalized spacial score (nSPS) is 11.7. The molecule has 18 heavy (non-hydrogen) atoms. The summed E-state index contributed by atoms with van der Waals surface area (Å²) in [5, 5.41) is 8.17. The quantitative estimate of drug-likeness (QED) is 0.811. The van der Waals surface area contributed by atoms with Crippen LogP contribution in [0.1, 0.15) is 5.89 Å². The van der Waals surface area contributed by atoms with E-state index in [-0.39, 0.29) is 18.1 Å². The van der Waals surface area contributed by atoms with Gasteiger partial charge < -0.3 is 4.42 Å². The second-order valence-electron chi connectivity index (χ2n) is 3.50. The minimum absolute atomic E-state index is 0.0897. The summed E-state index contributed by atoms with van der Waals surface area (Å²) < 4.78 is 26.9. The highest BCUT2D eigenvalue weighted by atomic mass is 35.7. The molecule has 0 saturated heterocycles. The van der Waals surface area contributed by atoms with Gasteiger partial charge in [-0.3, -0.25) is 0 Å². The van der Waals surface area contributed by atoms with E-state index in [0.717, 1.165) is 0 Å². The van der Waals surface area contributed by atoms with Crippen molar-refractivity contribution in [1.82, 2.24) is 10.2 Å². The molecule has 0 spiro atoms. The minimum atomic E-state index is -3.56. The molecular weight excluding hydrogens is 299 g/mol. The molecule has 0 aliphatic heterocycles. The number of hydrogen-bond donors (Lipinski definition) is 0. The molecule has 2 aromatic rings. The summed E-state index contributed by atoms with van der Waals surface area (Å²) in [5.74, 6) is 0.300. The standard InChI is InChI=1S/C10H8Cl2N2O3S/c11-8-3-1-7(2-4-8)10-14-13-9(17-10)5-6-18(12,15)16/h1-4H,5-6H2. The van der Waals surface area contributed by atoms with E-state index in [1.165, 1.54) is 0 Å². The first-order valence-electron chi connectivity index (χ1n) is 4.95. The highest BCUT2D eigenvalue weighted by Gasteiger charge is 2.12. The van der Waals surface area contributed by atoms with Crippen LogP contribution < -0.4 is 0 Å². The van der Waals surface area contributed by atoms with Crippen LogP contribution in [-0.2, 0) is 15.5 Å². The molecule has 0 unspecified atom stereocenters. The molecule has 0 fully saturated rings. The topological polar surface area (TPSA) is 73.1 Å². The fourth-order valence-electron chi connectivity index (χ4n) is 1.27. The second kappa shape index (κ2) is 5.26. The SMILES string of the molecule is O=S(=O)(Cl)CCc1nnc(-c2ccc(Cl)cc2)o1. The van der Waals surface area contributed by atoms with Crippen LogP contribution in [0.2, 0.25) is 5.02 Å². The van der Waals surface area contributed by atoms with Crippen molar-refractivity contribution in [3.63, 3.8) is 0 Å². The van der Waals surface area contributed by atoms with Crippen LogP contribution >= 0.6 is 22.3 Å². The molecule has 0 atom stereocenters. The molecule has 8 heteroatoms. The highest BCUT2D eigenvalue weighted by molar-refractivity contribution is 8.13. The van der Waals surface area contributed by atoms with Gasteiger partial charge in [-0.15, -0.1) is 10.2 Å². The van der Waals surface area contributed by atoms with Crippen molar-refractivity contribution in [2.45, 2.75) is 6.42 Å². The van der Waals surface area contributed by atoms with Crippen molar-refractivity contribution in [2.24, 2.45) is 0 Å². The molecule has 96 valence electrons. The van der Waals surface area contributed by atoms with Crippen molar-refractivity contribution >= 4 is 31.3 Å². The lowest BCUT2D eigenvalue weighted by atomic mass is 10.2. The van der Waals surface area contributed by atoms with E-state index in [9.17, 15) is 8.42 Å². The lowest BCUT2D eigenvalue weighted by molar-refractivity contribution is 0.511. The number of nitrogens with zero attached hydrogens (tertiary/aromatic N) is 2. The minimum Gasteiger partial charge on any atom is -0.421 e. The van der Waals surface area contributed by atoms with E-state index in [1.807, 2.05) is 0 Å². The lowest BCUT2D eigenvalue weighted by Gasteiger charge is -1.94. The molecule has 1 aromatic heterocycles. The first-order valence-corrected chi connectivity index (χ1v) is 7.80. The van der Waals surface area contributed by atoms with Crippen LogP contribution in [0.3, 0.4) is 0 Å². The van der Waals surface area contributed by atoms with Crippen molar-refractivity contribution < 1.29 is 12.8 Å². The zero-order valence-electron chi connectivity index (χ0n) is 9.01. The van der Waals surface area contributed by atoms with Gasteiger partial charge in [0.2, 0.25) is 20.8 Å². The van der Waals surface area contributed by atoms with Crippen LogP contribution in [-0.4, -0.2) is 24.4 Å². The smallest absolute Gasteiger partial charge is 0.247 e. The molecule has 0 bridgehead atoms. The summed E-state index contributed by atoms with van der Waals surface area (Å²) in [6, 6.07) is 6.86. The Labute approximate surface area is 113 Å². The molecule has 1 heterocycles. The van der Waals surface area contributed by atoms with E-state index < -0.39 is 9.05 Å². The van der Waals surface area contributed by atoms with Crippen molar-refractivity contribution in [3.8, 4) is 11.5 Å². The average Bonchev–Trinajstić information content (AvgIpc) is 2.75. The molecule has 2 rings (SSSR count). The number of aromatic nitrogens is 2. The zero-order chi connectivity index (χ0) is 13.2. The monoisotopic (exact) mass is 306 g/mol. The summed E-state index contributed by atoms with van der Waals surface area (Å²) in [6.07, 6.45) is 0.0897. The zero-order valence-corrected chi connectivity index (χ0v) is 11.3. The van der Waals surface area contributed by atoms with Crippen LogP contribution in [0.5, 0.6) is 0 Å². The Hall–Kier alpha value is -1.11. The molecule has 0 N–H and O–H groups in total. The Kier molecular flexibility index (Phi) is 3.89. The van der Waals surface area contributed by atoms with E-state index in [2.05, 4.69) is 10.2 Å². The van der Waals surface area contributed by atoms with Gasteiger partial charge in [-0.25, -0.2) is 8.42 Å². The van der Waals surface area contributed by atoms with Crippen LogP contribution in [0.15, 0.2) is 28.7 Å². The summed E-state index contributed by atoms with van der Waals surface area (Å²) in [7, 11) is 1.54. The van der Waals surface area contributed by atoms with Gasteiger partial charge in [-0.1, -0.05) is 11.6 Å². The van der Waals surface area contributed by atoms with Gasteiger partial charge in [0.1, 0.15) is 0 Å². The average molecular weight is 307 g/mol. The van der Waals surface area contributed by atoms with Gasteiger partial charge in [0.15, 0.2) is 0 Å². The fourth-order valence-corrected chi connectivity index (χ4v) is 2.05. The van der Waals surface area contributed by atoms with Gasteiger partial charge in [-0.05, 0) is 24.3 Å². The summed E-state index contributed by atoms with van der Waals surface area (Å²) in [4.78, 5) is 0. The number of rotatable bonds is 4. The van der Waals surface area contributed by atoms with Crippen molar-refractivity contribution in [1.29, 1.82) is 0 Å². The maximum atomic E-state index is 10.8. The molecule has 1 aromatic carbocycles. The lowest BCUT2D eigenvalue weighted by Crippen LogP contribution is -2.01. The maximum Gasteiger partial charge on any atom is 0.247 e. The third-order valence-electron chi connectivity index (χ3n) is 2.12. The van der Waals surface area contributed by atoms with E-state index >= 15 is 0 Å². The van der Waals surface area contributed by atoms with E-state index in [4.69, 9.17) is 26.7 Å². The Balaban J connectivity index is 2.13. The predicted octanol–water partition coefficient (Wildman–Crippen LogP) is 2.50.